The zero-order valence-corrected chi connectivity index (χ0v) is 11.8. The van der Waals surface area contributed by atoms with Crippen molar-refractivity contribution in [3.8, 4) is 0 Å². The summed E-state index contributed by atoms with van der Waals surface area (Å²) >= 11 is 0. The number of tetrazole rings is 1. The highest BCUT2D eigenvalue weighted by atomic mass is 15.5. The van der Waals surface area contributed by atoms with Gasteiger partial charge in [0.05, 0.1) is 6.54 Å². The number of aromatic nitrogens is 4. The van der Waals surface area contributed by atoms with Crippen LogP contribution in [-0.4, -0.2) is 50.8 Å². The Morgan fingerprint density at radius 1 is 1.37 bits per heavy atom. The number of hydrogen-bond donors (Lipinski definition) is 1. The van der Waals surface area contributed by atoms with Gasteiger partial charge in [0.15, 0.2) is 5.82 Å². The first-order valence-corrected chi connectivity index (χ1v) is 7.57. The average molecular weight is 264 g/mol. The first-order chi connectivity index (χ1) is 9.36. The third-order valence-corrected chi connectivity index (χ3v) is 4.37. The van der Waals surface area contributed by atoms with Crippen LogP contribution in [0.15, 0.2) is 0 Å². The van der Waals surface area contributed by atoms with E-state index in [-0.39, 0.29) is 0 Å². The van der Waals surface area contributed by atoms with Crippen molar-refractivity contribution in [2.75, 3.05) is 19.6 Å². The summed E-state index contributed by atoms with van der Waals surface area (Å²) in [7, 11) is 0. The van der Waals surface area contributed by atoms with Gasteiger partial charge in [-0.25, -0.2) is 4.68 Å². The van der Waals surface area contributed by atoms with Crippen molar-refractivity contribution in [3.63, 3.8) is 0 Å². The van der Waals surface area contributed by atoms with E-state index in [9.17, 15) is 0 Å². The normalized spacial score (nSPS) is 27.6. The van der Waals surface area contributed by atoms with E-state index in [0.29, 0.717) is 6.04 Å². The van der Waals surface area contributed by atoms with Crippen molar-refractivity contribution < 1.29 is 0 Å². The van der Waals surface area contributed by atoms with E-state index in [0.717, 1.165) is 37.8 Å². The number of rotatable bonds is 5. The summed E-state index contributed by atoms with van der Waals surface area (Å²) in [6.07, 6.45) is 5.01. The monoisotopic (exact) mass is 264 g/mol. The largest absolute Gasteiger partial charge is 0.312 e. The molecule has 0 aliphatic carbocycles. The smallest absolute Gasteiger partial charge is 0.165 e. The first kappa shape index (κ1) is 13.0. The molecule has 0 spiro atoms. The second-order valence-electron chi connectivity index (χ2n) is 5.83. The Kier molecular flexibility index (Phi) is 4.08. The number of fused-ring (bicyclic) bond motifs is 1. The topological polar surface area (TPSA) is 58.9 Å². The number of likely N-dealkylation sites (tertiary alicyclic amines) is 1. The highest BCUT2D eigenvalue weighted by molar-refractivity contribution is 4.94. The van der Waals surface area contributed by atoms with Crippen LogP contribution in [0.4, 0.5) is 0 Å². The van der Waals surface area contributed by atoms with Crippen LogP contribution < -0.4 is 5.32 Å². The fourth-order valence-electron chi connectivity index (χ4n) is 3.28. The molecule has 2 unspecified atom stereocenters. The molecule has 0 radical (unpaired) electrons. The van der Waals surface area contributed by atoms with Gasteiger partial charge in [0, 0.05) is 25.7 Å². The molecule has 0 aromatic carbocycles. The van der Waals surface area contributed by atoms with E-state index >= 15 is 0 Å². The fraction of sp³-hybridized carbons (Fsp3) is 0.923. The van der Waals surface area contributed by atoms with Crippen LogP contribution in [0, 0.1) is 5.92 Å². The summed E-state index contributed by atoms with van der Waals surface area (Å²) in [6, 6.07) is 0.689. The highest BCUT2D eigenvalue weighted by Crippen LogP contribution is 2.25. The Labute approximate surface area is 114 Å². The van der Waals surface area contributed by atoms with Crippen LogP contribution in [0.25, 0.3) is 0 Å². The zero-order valence-electron chi connectivity index (χ0n) is 11.8. The standard InChI is InChI=1S/C13H24N6/c1-2-3-7-19-13(15-16-17-19)10-18-8-11-5-4-6-14-12(11)9-18/h11-12,14H,2-10H2,1H3. The minimum atomic E-state index is 0.689. The Morgan fingerprint density at radius 2 is 2.32 bits per heavy atom. The number of aryl methyl sites for hydroxylation is 1. The van der Waals surface area contributed by atoms with E-state index in [1.54, 1.807) is 0 Å². The summed E-state index contributed by atoms with van der Waals surface area (Å²) in [6.45, 7) is 7.55. The van der Waals surface area contributed by atoms with Gasteiger partial charge >= 0.3 is 0 Å². The molecule has 0 saturated carbocycles. The predicted octanol–water partition coefficient (Wildman–Crippen LogP) is 0.657. The van der Waals surface area contributed by atoms with Gasteiger partial charge in [-0.1, -0.05) is 13.3 Å². The number of nitrogens with zero attached hydrogens (tertiary/aromatic N) is 5. The number of unbranched alkanes of at least 4 members (excludes halogenated alkanes) is 1. The molecule has 1 aromatic heterocycles. The molecule has 0 amide bonds. The lowest BCUT2D eigenvalue weighted by Gasteiger charge is -2.24. The summed E-state index contributed by atoms with van der Waals surface area (Å²) in [5.74, 6) is 1.85. The molecule has 3 heterocycles. The van der Waals surface area contributed by atoms with Gasteiger partial charge in [-0.05, 0) is 42.2 Å². The molecule has 2 fully saturated rings. The maximum Gasteiger partial charge on any atom is 0.165 e. The van der Waals surface area contributed by atoms with Crippen molar-refractivity contribution in [1.29, 1.82) is 0 Å². The van der Waals surface area contributed by atoms with Crippen molar-refractivity contribution in [1.82, 2.24) is 30.4 Å². The maximum absolute atomic E-state index is 4.19. The minimum absolute atomic E-state index is 0.689. The van der Waals surface area contributed by atoms with Gasteiger partial charge in [0.1, 0.15) is 0 Å². The Balaban J connectivity index is 1.58. The molecule has 2 saturated heterocycles. The van der Waals surface area contributed by atoms with Gasteiger partial charge in [0.2, 0.25) is 0 Å². The van der Waals surface area contributed by atoms with Crippen LogP contribution >= 0.6 is 0 Å². The van der Waals surface area contributed by atoms with Crippen molar-refractivity contribution >= 4 is 0 Å². The van der Waals surface area contributed by atoms with Crippen LogP contribution in [-0.2, 0) is 13.1 Å². The molecule has 6 nitrogen and oxygen atoms in total. The molecule has 3 rings (SSSR count). The van der Waals surface area contributed by atoms with E-state index in [4.69, 9.17) is 0 Å². The Hall–Kier alpha value is -1.01. The molecular weight excluding hydrogens is 240 g/mol. The summed E-state index contributed by atoms with van der Waals surface area (Å²) in [5, 5.41) is 15.8. The first-order valence-electron chi connectivity index (χ1n) is 7.57. The molecule has 2 aliphatic heterocycles. The molecular formula is C13H24N6. The van der Waals surface area contributed by atoms with Gasteiger partial charge in [0.25, 0.3) is 0 Å². The van der Waals surface area contributed by atoms with Crippen LogP contribution in [0.1, 0.15) is 38.4 Å². The van der Waals surface area contributed by atoms with Crippen LogP contribution in [0.5, 0.6) is 0 Å². The lowest BCUT2D eigenvalue weighted by atomic mass is 9.94. The molecule has 6 heteroatoms. The second kappa shape index (κ2) is 5.96. The van der Waals surface area contributed by atoms with E-state index in [2.05, 4.69) is 32.7 Å². The van der Waals surface area contributed by atoms with Crippen molar-refractivity contribution in [2.45, 2.75) is 51.7 Å². The summed E-state index contributed by atoms with van der Waals surface area (Å²) < 4.78 is 1.97. The van der Waals surface area contributed by atoms with Gasteiger partial charge < -0.3 is 5.32 Å². The van der Waals surface area contributed by atoms with Gasteiger partial charge in [-0.3, -0.25) is 4.90 Å². The highest BCUT2D eigenvalue weighted by Gasteiger charge is 2.34. The van der Waals surface area contributed by atoms with E-state index in [1.807, 2.05) is 4.68 Å². The Bertz CT molecular complexity index is 390. The fourth-order valence-corrected chi connectivity index (χ4v) is 3.28. The maximum atomic E-state index is 4.19. The van der Waals surface area contributed by atoms with Crippen LogP contribution in [0.2, 0.25) is 0 Å². The Morgan fingerprint density at radius 3 is 3.16 bits per heavy atom. The van der Waals surface area contributed by atoms with Crippen LogP contribution in [0.3, 0.4) is 0 Å². The van der Waals surface area contributed by atoms with Crippen molar-refractivity contribution in [2.24, 2.45) is 5.92 Å². The van der Waals surface area contributed by atoms with E-state index in [1.165, 1.54) is 32.4 Å². The molecule has 19 heavy (non-hydrogen) atoms. The zero-order chi connectivity index (χ0) is 13.1. The van der Waals surface area contributed by atoms with E-state index < -0.39 is 0 Å². The SMILES string of the molecule is CCCCn1nnnc1CN1CC2CCCNC2C1. The average Bonchev–Trinajstić information content (AvgIpc) is 3.02. The molecule has 2 atom stereocenters. The van der Waals surface area contributed by atoms with Gasteiger partial charge in [-0.2, -0.15) is 0 Å². The number of hydrogen-bond acceptors (Lipinski definition) is 5. The molecule has 2 aliphatic rings. The van der Waals surface area contributed by atoms with Crippen molar-refractivity contribution in [3.05, 3.63) is 5.82 Å². The lowest BCUT2D eigenvalue weighted by Crippen LogP contribution is -2.40. The summed E-state index contributed by atoms with van der Waals surface area (Å²) in [5.41, 5.74) is 0. The molecule has 1 N–H and O–H groups in total. The number of piperidine rings is 1. The minimum Gasteiger partial charge on any atom is -0.312 e. The quantitative estimate of drug-likeness (QED) is 0.846. The third kappa shape index (κ3) is 2.95. The number of nitrogens with one attached hydrogen (secondary N) is 1. The second-order valence-corrected chi connectivity index (χ2v) is 5.83. The predicted molar refractivity (Wildman–Crippen MR) is 72.5 cm³/mol. The third-order valence-electron chi connectivity index (χ3n) is 4.37. The molecule has 106 valence electrons. The summed E-state index contributed by atoms with van der Waals surface area (Å²) in [4.78, 5) is 2.50. The van der Waals surface area contributed by atoms with Gasteiger partial charge in [-0.15, -0.1) is 5.10 Å². The molecule has 0 bridgehead atoms. The lowest BCUT2D eigenvalue weighted by molar-refractivity contribution is 0.297. The molecule has 1 aromatic rings.